The lowest BCUT2D eigenvalue weighted by Gasteiger charge is -2.32. The van der Waals surface area contributed by atoms with E-state index in [9.17, 15) is 9.90 Å². The molecule has 27 heavy (non-hydrogen) atoms. The van der Waals surface area contributed by atoms with E-state index in [4.69, 9.17) is 9.47 Å². The molecule has 1 aliphatic heterocycles. The van der Waals surface area contributed by atoms with Gasteiger partial charge in [0.15, 0.2) is 6.61 Å². The standard InChI is InChI=1S/C23H32O4/c1-2-3-4-7-17(24)9-10-18-19-11-15-6-5-8-21-20(15)12-16(19)13-22(18)27-23(25)14-26-21/h5-6,8,16-19,22,24H,2-4,7,9-14H2,1H3/t16?,17-,18+,19?,22+/m0/s1. The molecule has 1 aromatic rings. The molecule has 1 N–H and O–H groups in total. The van der Waals surface area contributed by atoms with Gasteiger partial charge in [-0.15, -0.1) is 0 Å². The Balaban J connectivity index is 1.50. The maximum Gasteiger partial charge on any atom is 0.344 e. The Morgan fingerprint density at radius 2 is 2.11 bits per heavy atom. The number of aliphatic hydroxyl groups excluding tert-OH is 1. The third-order valence-electron chi connectivity index (χ3n) is 6.92. The zero-order valence-electron chi connectivity index (χ0n) is 16.4. The van der Waals surface area contributed by atoms with Crippen LogP contribution in [-0.4, -0.2) is 29.9 Å². The van der Waals surface area contributed by atoms with E-state index in [0.717, 1.165) is 50.7 Å². The Bertz CT molecular complexity index is 670. The van der Waals surface area contributed by atoms with E-state index in [1.54, 1.807) is 0 Å². The molecule has 148 valence electrons. The molecule has 0 aromatic heterocycles. The summed E-state index contributed by atoms with van der Waals surface area (Å²) in [5, 5.41) is 10.4. The Morgan fingerprint density at radius 3 is 2.96 bits per heavy atom. The molecule has 1 fully saturated rings. The van der Waals surface area contributed by atoms with Crippen molar-refractivity contribution in [2.24, 2.45) is 17.8 Å². The third kappa shape index (κ3) is 4.01. The maximum atomic E-state index is 12.3. The molecule has 4 heteroatoms. The fourth-order valence-electron chi connectivity index (χ4n) is 5.55. The predicted molar refractivity (Wildman–Crippen MR) is 104 cm³/mol. The molecule has 0 saturated heterocycles. The van der Waals surface area contributed by atoms with Crippen LogP contribution in [0.2, 0.25) is 0 Å². The van der Waals surface area contributed by atoms with Crippen LogP contribution in [0.3, 0.4) is 0 Å². The van der Waals surface area contributed by atoms with Crippen LogP contribution >= 0.6 is 0 Å². The Kier molecular flexibility index (Phi) is 5.72. The number of benzene rings is 1. The number of rotatable bonds is 7. The van der Waals surface area contributed by atoms with Crippen LogP contribution in [0.5, 0.6) is 5.75 Å². The van der Waals surface area contributed by atoms with Crippen molar-refractivity contribution >= 4 is 5.97 Å². The second-order valence-corrected chi connectivity index (χ2v) is 8.67. The van der Waals surface area contributed by atoms with Gasteiger partial charge >= 0.3 is 5.97 Å². The predicted octanol–water partition coefficient (Wildman–Crippen LogP) is 4.06. The van der Waals surface area contributed by atoms with Crippen molar-refractivity contribution in [3.05, 3.63) is 29.3 Å². The smallest absolute Gasteiger partial charge is 0.344 e. The van der Waals surface area contributed by atoms with Crippen molar-refractivity contribution in [1.29, 1.82) is 0 Å². The lowest BCUT2D eigenvalue weighted by molar-refractivity contribution is -0.153. The summed E-state index contributed by atoms with van der Waals surface area (Å²) in [6.07, 6.45) is 8.90. The fraction of sp³-hybridized carbons (Fsp3) is 0.696. The van der Waals surface area contributed by atoms with Crippen LogP contribution in [0.1, 0.15) is 63.0 Å². The Morgan fingerprint density at radius 1 is 1.22 bits per heavy atom. The number of esters is 1. The highest BCUT2D eigenvalue weighted by molar-refractivity contribution is 5.71. The zero-order valence-corrected chi connectivity index (χ0v) is 16.4. The van der Waals surface area contributed by atoms with Crippen LogP contribution in [0, 0.1) is 17.8 Å². The summed E-state index contributed by atoms with van der Waals surface area (Å²) in [5.74, 6) is 2.06. The van der Waals surface area contributed by atoms with E-state index in [0.29, 0.717) is 17.8 Å². The zero-order chi connectivity index (χ0) is 18.8. The molecule has 0 spiro atoms. The highest BCUT2D eigenvalue weighted by Gasteiger charge is 2.47. The second kappa shape index (κ2) is 8.22. The number of unbranched alkanes of at least 4 members (excludes halogenated alkanes) is 2. The summed E-state index contributed by atoms with van der Waals surface area (Å²) in [6.45, 7) is 2.18. The van der Waals surface area contributed by atoms with Gasteiger partial charge in [-0.05, 0) is 73.5 Å². The van der Waals surface area contributed by atoms with E-state index >= 15 is 0 Å². The Labute approximate surface area is 162 Å². The summed E-state index contributed by atoms with van der Waals surface area (Å²) in [4.78, 5) is 12.3. The van der Waals surface area contributed by atoms with Gasteiger partial charge in [0.25, 0.3) is 0 Å². The fourth-order valence-corrected chi connectivity index (χ4v) is 5.55. The van der Waals surface area contributed by atoms with Crippen LogP contribution in [-0.2, 0) is 22.4 Å². The molecule has 1 saturated carbocycles. The largest absolute Gasteiger partial charge is 0.482 e. The van der Waals surface area contributed by atoms with E-state index in [2.05, 4.69) is 13.0 Å². The monoisotopic (exact) mass is 372 g/mol. The second-order valence-electron chi connectivity index (χ2n) is 8.67. The van der Waals surface area contributed by atoms with Gasteiger partial charge < -0.3 is 14.6 Å². The molecule has 3 bridgehead atoms. The topological polar surface area (TPSA) is 55.8 Å². The van der Waals surface area contributed by atoms with Gasteiger partial charge in [-0.25, -0.2) is 4.79 Å². The number of hydrogen-bond donors (Lipinski definition) is 1. The van der Waals surface area contributed by atoms with Gasteiger partial charge in [0, 0.05) is 0 Å². The minimum Gasteiger partial charge on any atom is -0.482 e. The lowest BCUT2D eigenvalue weighted by Crippen LogP contribution is -2.29. The number of carbonyl (C=O) groups excluding carboxylic acids is 1. The van der Waals surface area contributed by atoms with Crippen molar-refractivity contribution in [3.63, 3.8) is 0 Å². The van der Waals surface area contributed by atoms with Crippen molar-refractivity contribution in [2.75, 3.05) is 6.61 Å². The van der Waals surface area contributed by atoms with Crippen molar-refractivity contribution in [1.82, 2.24) is 0 Å². The average molecular weight is 373 g/mol. The highest BCUT2D eigenvalue weighted by Crippen LogP contribution is 2.49. The van der Waals surface area contributed by atoms with Crippen LogP contribution in [0.15, 0.2) is 18.2 Å². The number of hydrogen-bond acceptors (Lipinski definition) is 4. The SMILES string of the molecule is CCCCC[C@H](O)CC[C@@H]1C2Cc3cccc4c3CC2C[C@H]1OC(=O)CO4. The molecular formula is C23H32O4. The molecule has 0 radical (unpaired) electrons. The molecule has 0 amide bonds. The van der Waals surface area contributed by atoms with Gasteiger partial charge in [0.05, 0.1) is 6.10 Å². The maximum absolute atomic E-state index is 12.3. The quantitative estimate of drug-likeness (QED) is 0.579. The average Bonchev–Trinajstić information content (AvgIpc) is 2.98. The molecule has 4 rings (SSSR count). The van der Waals surface area contributed by atoms with Crippen LogP contribution in [0.25, 0.3) is 0 Å². The van der Waals surface area contributed by atoms with Crippen LogP contribution < -0.4 is 4.74 Å². The molecule has 3 aliphatic rings. The van der Waals surface area contributed by atoms with Crippen LogP contribution in [0.4, 0.5) is 0 Å². The molecule has 1 heterocycles. The first-order valence-electron chi connectivity index (χ1n) is 10.8. The Hall–Kier alpha value is -1.55. The van der Waals surface area contributed by atoms with Gasteiger partial charge in [-0.1, -0.05) is 38.3 Å². The van der Waals surface area contributed by atoms with Crippen molar-refractivity contribution in [3.8, 4) is 5.75 Å². The summed E-state index contributed by atoms with van der Waals surface area (Å²) >= 11 is 0. The number of aliphatic hydroxyl groups is 1. The first-order valence-corrected chi connectivity index (χ1v) is 10.8. The molecule has 1 aromatic carbocycles. The van der Waals surface area contributed by atoms with E-state index < -0.39 is 0 Å². The minimum absolute atomic E-state index is 0.00531. The van der Waals surface area contributed by atoms with Gasteiger partial charge in [0.2, 0.25) is 0 Å². The number of ether oxygens (including phenoxy) is 2. The lowest BCUT2D eigenvalue weighted by atomic mass is 9.73. The normalized spacial score (nSPS) is 29.9. The summed E-state index contributed by atoms with van der Waals surface area (Å²) in [5.41, 5.74) is 2.67. The van der Waals surface area contributed by atoms with E-state index in [1.807, 2.05) is 12.1 Å². The molecular weight excluding hydrogens is 340 g/mol. The van der Waals surface area contributed by atoms with Gasteiger partial charge in [0.1, 0.15) is 11.9 Å². The molecule has 5 atom stereocenters. The van der Waals surface area contributed by atoms with Crippen molar-refractivity contribution in [2.45, 2.75) is 76.9 Å². The minimum atomic E-state index is -0.256. The summed E-state index contributed by atoms with van der Waals surface area (Å²) in [7, 11) is 0. The van der Waals surface area contributed by atoms with Gasteiger partial charge in [-0.2, -0.15) is 0 Å². The number of carbonyl (C=O) groups is 1. The van der Waals surface area contributed by atoms with Gasteiger partial charge in [-0.3, -0.25) is 0 Å². The highest BCUT2D eigenvalue weighted by atomic mass is 16.6. The van der Waals surface area contributed by atoms with Crippen molar-refractivity contribution < 1.29 is 19.4 Å². The molecule has 4 nitrogen and oxygen atoms in total. The first kappa shape index (κ1) is 18.8. The van der Waals surface area contributed by atoms with E-state index in [-0.39, 0.29) is 24.8 Å². The number of fused-ring (bicyclic) bond motifs is 1. The molecule has 2 aliphatic carbocycles. The third-order valence-corrected chi connectivity index (χ3v) is 6.92. The first-order chi connectivity index (χ1) is 13.2. The summed E-state index contributed by atoms with van der Waals surface area (Å²) < 4.78 is 11.6. The molecule has 2 unspecified atom stereocenters. The van der Waals surface area contributed by atoms with E-state index in [1.165, 1.54) is 24.0 Å². The summed E-state index contributed by atoms with van der Waals surface area (Å²) in [6, 6.07) is 6.23.